The summed E-state index contributed by atoms with van der Waals surface area (Å²) >= 11 is 0. The molecule has 1 aromatic heterocycles. The SMILES string of the molecule is N[C@@H]1CCCC[C@H]1NS(=O)(=O)c1ncccc1F. The smallest absolute Gasteiger partial charge is 0.261 e. The molecule has 7 heteroatoms. The van der Waals surface area contributed by atoms with Crippen molar-refractivity contribution in [1.29, 1.82) is 0 Å². The van der Waals surface area contributed by atoms with E-state index in [9.17, 15) is 12.8 Å². The van der Waals surface area contributed by atoms with Gasteiger partial charge in [0.15, 0.2) is 5.82 Å². The number of halogens is 1. The monoisotopic (exact) mass is 273 g/mol. The first kappa shape index (κ1) is 13.4. The molecule has 0 amide bonds. The summed E-state index contributed by atoms with van der Waals surface area (Å²) in [5, 5.41) is -0.567. The van der Waals surface area contributed by atoms with Crippen molar-refractivity contribution in [2.45, 2.75) is 42.8 Å². The van der Waals surface area contributed by atoms with Gasteiger partial charge in [-0.15, -0.1) is 0 Å². The van der Waals surface area contributed by atoms with Gasteiger partial charge >= 0.3 is 0 Å². The van der Waals surface area contributed by atoms with E-state index in [0.29, 0.717) is 6.42 Å². The Hall–Kier alpha value is -1.05. The van der Waals surface area contributed by atoms with Crippen molar-refractivity contribution in [1.82, 2.24) is 9.71 Å². The van der Waals surface area contributed by atoms with E-state index < -0.39 is 20.9 Å². The predicted molar refractivity (Wildman–Crippen MR) is 64.7 cm³/mol. The lowest BCUT2D eigenvalue weighted by molar-refractivity contribution is 0.360. The second-order valence-corrected chi connectivity index (χ2v) is 6.10. The molecule has 1 aromatic rings. The Morgan fingerprint density at radius 3 is 2.78 bits per heavy atom. The standard InChI is InChI=1S/C11H16FN3O2S/c12-8-4-3-7-14-11(8)18(16,17)15-10-6-2-1-5-9(10)13/h3-4,7,9-10,15H,1-2,5-6,13H2/t9-,10-/m1/s1. The van der Waals surface area contributed by atoms with E-state index in [1.54, 1.807) is 0 Å². The number of sulfonamides is 1. The predicted octanol–water partition coefficient (Wildman–Crippen LogP) is 0.769. The van der Waals surface area contributed by atoms with Crippen LogP contribution in [0.25, 0.3) is 0 Å². The molecule has 5 nitrogen and oxygen atoms in total. The van der Waals surface area contributed by atoms with Gasteiger partial charge in [0, 0.05) is 18.3 Å². The van der Waals surface area contributed by atoms with Crippen molar-refractivity contribution in [3.05, 3.63) is 24.1 Å². The Balaban J connectivity index is 2.19. The van der Waals surface area contributed by atoms with Gasteiger partial charge in [0.05, 0.1) is 0 Å². The molecule has 0 spiro atoms. The van der Waals surface area contributed by atoms with Crippen LogP contribution in [0.15, 0.2) is 23.4 Å². The molecule has 0 unspecified atom stereocenters. The zero-order valence-corrected chi connectivity index (χ0v) is 10.7. The number of nitrogens with two attached hydrogens (primary N) is 1. The van der Waals surface area contributed by atoms with Gasteiger partial charge in [0.25, 0.3) is 10.0 Å². The molecule has 1 aliphatic rings. The number of nitrogens with one attached hydrogen (secondary N) is 1. The normalized spacial score (nSPS) is 25.0. The highest BCUT2D eigenvalue weighted by Gasteiger charge is 2.29. The molecule has 100 valence electrons. The maximum atomic E-state index is 13.4. The van der Waals surface area contributed by atoms with Crippen LogP contribution >= 0.6 is 0 Å². The van der Waals surface area contributed by atoms with Gasteiger partial charge in [-0.3, -0.25) is 0 Å². The van der Waals surface area contributed by atoms with Crippen LogP contribution in [0.2, 0.25) is 0 Å². The number of hydrogen-bond donors (Lipinski definition) is 2. The molecule has 2 rings (SSSR count). The van der Waals surface area contributed by atoms with E-state index >= 15 is 0 Å². The quantitative estimate of drug-likeness (QED) is 0.851. The lowest BCUT2D eigenvalue weighted by Gasteiger charge is -2.28. The van der Waals surface area contributed by atoms with Crippen LogP contribution in [0.5, 0.6) is 0 Å². The van der Waals surface area contributed by atoms with Crippen molar-refractivity contribution in [2.24, 2.45) is 5.73 Å². The summed E-state index contributed by atoms with van der Waals surface area (Å²) in [6.07, 6.45) is 4.62. The summed E-state index contributed by atoms with van der Waals surface area (Å²) < 4.78 is 39.9. The number of aromatic nitrogens is 1. The molecule has 1 aliphatic carbocycles. The molecule has 0 aliphatic heterocycles. The van der Waals surface area contributed by atoms with Gasteiger partial charge in [-0.05, 0) is 25.0 Å². The van der Waals surface area contributed by atoms with Gasteiger partial charge in [-0.1, -0.05) is 12.8 Å². The van der Waals surface area contributed by atoms with Crippen molar-refractivity contribution in [3.63, 3.8) is 0 Å². The summed E-state index contributed by atoms with van der Waals surface area (Å²) in [5.74, 6) is -0.852. The highest BCUT2D eigenvalue weighted by Crippen LogP contribution is 2.19. The molecular formula is C11H16FN3O2S. The van der Waals surface area contributed by atoms with E-state index in [1.165, 1.54) is 12.3 Å². The van der Waals surface area contributed by atoms with Gasteiger partial charge in [0.1, 0.15) is 0 Å². The summed E-state index contributed by atoms with van der Waals surface area (Å²) in [7, 11) is -3.94. The van der Waals surface area contributed by atoms with Gasteiger partial charge in [-0.25, -0.2) is 22.5 Å². The Bertz CT molecular complexity index is 521. The lowest BCUT2D eigenvalue weighted by atomic mass is 9.92. The lowest BCUT2D eigenvalue weighted by Crippen LogP contribution is -2.49. The summed E-state index contributed by atoms with van der Waals surface area (Å²) in [6.45, 7) is 0. The van der Waals surface area contributed by atoms with Crippen molar-refractivity contribution < 1.29 is 12.8 Å². The zero-order chi connectivity index (χ0) is 13.2. The summed E-state index contributed by atoms with van der Waals surface area (Å²) in [5.41, 5.74) is 5.86. The second kappa shape index (κ2) is 5.29. The maximum absolute atomic E-state index is 13.4. The first-order valence-corrected chi connectivity index (χ1v) is 7.37. The molecule has 1 saturated carbocycles. The highest BCUT2D eigenvalue weighted by atomic mass is 32.2. The minimum Gasteiger partial charge on any atom is -0.326 e. The number of rotatable bonds is 3. The Morgan fingerprint density at radius 2 is 2.11 bits per heavy atom. The third-order valence-electron chi connectivity index (χ3n) is 3.11. The van der Waals surface area contributed by atoms with Crippen LogP contribution in [-0.2, 0) is 10.0 Å². The Labute approximate surface area is 106 Å². The first-order valence-electron chi connectivity index (χ1n) is 5.89. The number of pyridine rings is 1. The fourth-order valence-electron chi connectivity index (χ4n) is 2.13. The second-order valence-electron chi connectivity index (χ2n) is 4.47. The van der Waals surface area contributed by atoms with Crippen molar-refractivity contribution in [3.8, 4) is 0 Å². The first-order chi connectivity index (χ1) is 8.50. The molecule has 2 atom stereocenters. The minimum absolute atomic E-state index is 0.222. The van der Waals surface area contributed by atoms with Gasteiger partial charge in [-0.2, -0.15) is 0 Å². The van der Waals surface area contributed by atoms with Gasteiger partial charge < -0.3 is 5.73 Å². The maximum Gasteiger partial charge on any atom is 0.261 e. The van der Waals surface area contributed by atoms with Crippen LogP contribution in [0.1, 0.15) is 25.7 Å². The van der Waals surface area contributed by atoms with Crippen LogP contribution in [0, 0.1) is 5.82 Å². The Kier molecular flexibility index (Phi) is 3.94. The fraction of sp³-hybridized carbons (Fsp3) is 0.545. The van der Waals surface area contributed by atoms with Crippen molar-refractivity contribution in [2.75, 3.05) is 0 Å². The molecule has 0 aromatic carbocycles. The molecule has 0 saturated heterocycles. The van der Waals surface area contributed by atoms with E-state index in [4.69, 9.17) is 5.73 Å². The highest BCUT2D eigenvalue weighted by molar-refractivity contribution is 7.89. The molecule has 0 radical (unpaired) electrons. The third-order valence-corrected chi connectivity index (χ3v) is 4.53. The van der Waals surface area contributed by atoms with Gasteiger partial charge in [0.2, 0.25) is 5.03 Å². The molecule has 1 fully saturated rings. The van der Waals surface area contributed by atoms with Crippen molar-refractivity contribution >= 4 is 10.0 Å². The molecule has 18 heavy (non-hydrogen) atoms. The average Bonchev–Trinajstić information content (AvgIpc) is 2.32. The van der Waals surface area contributed by atoms with E-state index in [-0.39, 0.29) is 12.1 Å². The molecule has 3 N–H and O–H groups in total. The Morgan fingerprint density at radius 1 is 1.39 bits per heavy atom. The largest absolute Gasteiger partial charge is 0.326 e. The van der Waals surface area contributed by atoms with Crippen LogP contribution in [0.4, 0.5) is 4.39 Å². The number of nitrogens with zero attached hydrogens (tertiary/aromatic N) is 1. The molecular weight excluding hydrogens is 257 g/mol. The summed E-state index contributed by atoms with van der Waals surface area (Å²) in [6, 6.07) is 1.86. The van der Waals surface area contributed by atoms with Crippen LogP contribution in [-0.4, -0.2) is 25.5 Å². The average molecular weight is 273 g/mol. The van der Waals surface area contributed by atoms with E-state index in [2.05, 4.69) is 9.71 Å². The third kappa shape index (κ3) is 2.85. The zero-order valence-electron chi connectivity index (χ0n) is 9.84. The van der Waals surface area contributed by atoms with Crippen LogP contribution in [0.3, 0.4) is 0 Å². The van der Waals surface area contributed by atoms with E-state index in [0.717, 1.165) is 25.3 Å². The molecule has 0 bridgehead atoms. The topological polar surface area (TPSA) is 85.1 Å². The minimum atomic E-state index is -3.94. The molecule has 1 heterocycles. The summed E-state index contributed by atoms with van der Waals surface area (Å²) in [4.78, 5) is 3.57. The fourth-order valence-corrected chi connectivity index (χ4v) is 3.46. The van der Waals surface area contributed by atoms with Crippen LogP contribution < -0.4 is 10.5 Å². The van der Waals surface area contributed by atoms with E-state index in [1.807, 2.05) is 0 Å². The number of hydrogen-bond acceptors (Lipinski definition) is 4.